The molecule has 258 valence electrons. The van der Waals surface area contributed by atoms with Gasteiger partial charge in [0.15, 0.2) is 17.5 Å². The Bertz CT molecular complexity index is 2410. The van der Waals surface area contributed by atoms with Crippen LogP contribution in [0.1, 0.15) is 51.2 Å². The number of hydrogen-bond acceptors (Lipinski definition) is 3. The smallest absolute Gasteiger partial charge is 0.164 e. The van der Waals surface area contributed by atoms with Crippen LogP contribution in [0.25, 0.3) is 67.5 Å². The Hall–Kier alpha value is -5.93. The van der Waals surface area contributed by atoms with Crippen molar-refractivity contribution in [1.29, 1.82) is 0 Å². The highest BCUT2D eigenvalue weighted by Gasteiger charge is 2.43. The van der Waals surface area contributed by atoms with Crippen molar-refractivity contribution in [3.05, 3.63) is 174 Å². The number of hydrogen-bond donors (Lipinski definition) is 0. The second-order valence-corrected chi connectivity index (χ2v) is 15.0. The lowest BCUT2D eigenvalue weighted by atomic mass is 9.67. The predicted molar refractivity (Wildman–Crippen MR) is 219 cm³/mol. The molecule has 2 aliphatic carbocycles. The Morgan fingerprint density at radius 1 is 0.509 bits per heavy atom. The summed E-state index contributed by atoms with van der Waals surface area (Å²) in [6.07, 6.45) is 6.26. The van der Waals surface area contributed by atoms with E-state index in [1.807, 2.05) is 36.4 Å². The van der Waals surface area contributed by atoms with E-state index in [9.17, 15) is 0 Å². The van der Waals surface area contributed by atoms with Crippen molar-refractivity contribution in [2.45, 2.75) is 45.4 Å². The first-order valence-corrected chi connectivity index (χ1v) is 19.0. The molecule has 2 aliphatic rings. The summed E-state index contributed by atoms with van der Waals surface area (Å²) in [7, 11) is 0. The minimum Gasteiger partial charge on any atom is -0.208 e. The fourth-order valence-corrected chi connectivity index (χ4v) is 8.77. The molecule has 0 fully saturated rings. The van der Waals surface area contributed by atoms with Gasteiger partial charge < -0.3 is 0 Å². The maximum Gasteiger partial charge on any atom is 0.164 e. The highest BCUT2D eigenvalue weighted by molar-refractivity contribution is 5.88. The van der Waals surface area contributed by atoms with Crippen LogP contribution in [0.4, 0.5) is 0 Å². The molecule has 0 N–H and O–H groups in total. The number of benzene rings is 6. The highest BCUT2D eigenvalue weighted by atomic mass is 15.0. The van der Waals surface area contributed by atoms with Gasteiger partial charge in [-0.05, 0) is 100 Å². The van der Waals surface area contributed by atoms with Gasteiger partial charge in [-0.15, -0.1) is 0 Å². The SMILES string of the molecule is CCC1CC(C2(C)c3ccccc3-c3cc(-c4cc(-c5ccccc5)cc(-c5nc(-c6ccccc6)nc(-c6ccccc6)n5)c4)ccc32)=CC(C)C1. The van der Waals surface area contributed by atoms with Gasteiger partial charge in [-0.1, -0.05) is 159 Å². The molecule has 1 heterocycles. The molecular formula is C50H43N3. The monoisotopic (exact) mass is 685 g/mol. The van der Waals surface area contributed by atoms with Gasteiger partial charge in [0.05, 0.1) is 0 Å². The third-order valence-electron chi connectivity index (χ3n) is 11.6. The number of nitrogens with zero attached hydrogens (tertiary/aromatic N) is 3. The largest absolute Gasteiger partial charge is 0.208 e. The zero-order valence-electron chi connectivity index (χ0n) is 30.6. The van der Waals surface area contributed by atoms with E-state index in [1.165, 1.54) is 40.7 Å². The van der Waals surface area contributed by atoms with Gasteiger partial charge in [0.25, 0.3) is 0 Å². The number of allylic oxidation sites excluding steroid dienone is 2. The van der Waals surface area contributed by atoms with Gasteiger partial charge >= 0.3 is 0 Å². The molecule has 0 spiro atoms. The van der Waals surface area contributed by atoms with Gasteiger partial charge in [0.2, 0.25) is 0 Å². The van der Waals surface area contributed by atoms with Crippen LogP contribution in [0.15, 0.2) is 163 Å². The molecule has 0 radical (unpaired) electrons. The zero-order valence-corrected chi connectivity index (χ0v) is 30.6. The molecule has 3 unspecified atom stereocenters. The van der Waals surface area contributed by atoms with Crippen LogP contribution >= 0.6 is 0 Å². The fourth-order valence-electron chi connectivity index (χ4n) is 8.77. The van der Waals surface area contributed by atoms with Crippen LogP contribution < -0.4 is 0 Å². The van der Waals surface area contributed by atoms with Gasteiger partial charge in [-0.2, -0.15) is 0 Å². The van der Waals surface area contributed by atoms with Gasteiger partial charge in [-0.25, -0.2) is 15.0 Å². The molecule has 0 saturated heterocycles. The van der Waals surface area contributed by atoms with E-state index >= 15 is 0 Å². The Balaban J connectivity index is 1.22. The minimum absolute atomic E-state index is 0.143. The molecule has 3 atom stereocenters. The number of fused-ring (bicyclic) bond motifs is 3. The normalized spacial score (nSPS) is 19.0. The molecule has 9 rings (SSSR count). The summed E-state index contributed by atoms with van der Waals surface area (Å²) < 4.78 is 0. The zero-order chi connectivity index (χ0) is 35.9. The van der Waals surface area contributed by atoms with Gasteiger partial charge in [0.1, 0.15) is 0 Å². The van der Waals surface area contributed by atoms with Crippen LogP contribution in [-0.2, 0) is 5.41 Å². The predicted octanol–water partition coefficient (Wildman–Crippen LogP) is 12.9. The average molecular weight is 686 g/mol. The van der Waals surface area contributed by atoms with Crippen molar-refractivity contribution in [3.63, 3.8) is 0 Å². The summed E-state index contributed by atoms with van der Waals surface area (Å²) in [6.45, 7) is 7.22. The third-order valence-corrected chi connectivity index (χ3v) is 11.6. The van der Waals surface area contributed by atoms with E-state index in [4.69, 9.17) is 15.0 Å². The first-order chi connectivity index (χ1) is 26.0. The van der Waals surface area contributed by atoms with Gasteiger partial charge in [-0.3, -0.25) is 0 Å². The van der Waals surface area contributed by atoms with Crippen LogP contribution in [0.3, 0.4) is 0 Å². The van der Waals surface area contributed by atoms with E-state index in [0.717, 1.165) is 45.7 Å². The van der Waals surface area contributed by atoms with E-state index < -0.39 is 0 Å². The Morgan fingerprint density at radius 2 is 1.02 bits per heavy atom. The Labute approximate surface area is 313 Å². The minimum atomic E-state index is -0.143. The molecule has 1 aromatic heterocycles. The lowest BCUT2D eigenvalue weighted by Crippen LogP contribution is -2.28. The van der Waals surface area contributed by atoms with Crippen LogP contribution in [0, 0.1) is 11.8 Å². The lowest BCUT2D eigenvalue weighted by molar-refractivity contribution is 0.373. The first-order valence-electron chi connectivity index (χ1n) is 19.0. The third kappa shape index (κ3) is 6.00. The number of rotatable bonds is 7. The molecule has 0 bridgehead atoms. The van der Waals surface area contributed by atoms with E-state index in [2.05, 4.69) is 142 Å². The molecule has 3 nitrogen and oxygen atoms in total. The molecule has 3 heteroatoms. The Morgan fingerprint density at radius 3 is 1.64 bits per heavy atom. The maximum absolute atomic E-state index is 5.12. The fraction of sp³-hybridized carbons (Fsp3) is 0.180. The molecule has 0 amide bonds. The molecule has 53 heavy (non-hydrogen) atoms. The summed E-state index contributed by atoms with van der Waals surface area (Å²) in [5.74, 6) is 3.30. The van der Waals surface area contributed by atoms with Crippen LogP contribution in [0.2, 0.25) is 0 Å². The van der Waals surface area contributed by atoms with Crippen molar-refractivity contribution in [1.82, 2.24) is 15.0 Å². The van der Waals surface area contributed by atoms with E-state index in [-0.39, 0.29) is 5.41 Å². The van der Waals surface area contributed by atoms with Crippen molar-refractivity contribution >= 4 is 0 Å². The van der Waals surface area contributed by atoms with E-state index in [0.29, 0.717) is 23.4 Å². The topological polar surface area (TPSA) is 38.7 Å². The van der Waals surface area contributed by atoms with Crippen molar-refractivity contribution in [3.8, 4) is 67.5 Å². The van der Waals surface area contributed by atoms with Gasteiger partial charge in [0, 0.05) is 22.1 Å². The molecule has 7 aromatic rings. The first kappa shape index (κ1) is 32.9. The maximum atomic E-state index is 5.12. The summed E-state index contributed by atoms with van der Waals surface area (Å²) in [5.41, 5.74) is 14.4. The van der Waals surface area contributed by atoms with E-state index in [1.54, 1.807) is 5.57 Å². The summed E-state index contributed by atoms with van der Waals surface area (Å²) in [6, 6.07) is 54.0. The van der Waals surface area contributed by atoms with Crippen LogP contribution in [-0.4, -0.2) is 15.0 Å². The average Bonchev–Trinajstić information content (AvgIpc) is 3.49. The van der Waals surface area contributed by atoms with Crippen molar-refractivity contribution in [2.24, 2.45) is 11.8 Å². The highest BCUT2D eigenvalue weighted by Crippen LogP contribution is 2.56. The summed E-state index contributed by atoms with van der Waals surface area (Å²) in [4.78, 5) is 15.2. The molecule has 0 saturated carbocycles. The summed E-state index contributed by atoms with van der Waals surface area (Å²) in [5, 5.41) is 0. The second kappa shape index (κ2) is 13.6. The quantitative estimate of drug-likeness (QED) is 0.157. The number of aromatic nitrogens is 3. The Kier molecular flexibility index (Phi) is 8.43. The second-order valence-electron chi connectivity index (χ2n) is 15.0. The van der Waals surface area contributed by atoms with Crippen molar-refractivity contribution in [2.75, 3.05) is 0 Å². The molecule has 6 aromatic carbocycles. The lowest BCUT2D eigenvalue weighted by Gasteiger charge is -2.37. The van der Waals surface area contributed by atoms with Crippen LogP contribution in [0.5, 0.6) is 0 Å². The standard InChI is InChI=1S/C50H43N3/c1-4-34-26-33(2)27-42(28-34)50(3)45-23-15-14-22-43(45)44-32-38(24-25-46(44)50)40-29-39(35-16-8-5-9-17-35)30-41(31-40)49-52-47(36-18-10-6-11-19-36)51-48(53-49)37-20-12-7-13-21-37/h5-25,27,29-34H,4,26,28H2,1-3H3. The summed E-state index contributed by atoms with van der Waals surface area (Å²) >= 11 is 0. The molecular weight excluding hydrogens is 643 g/mol. The van der Waals surface area contributed by atoms with Crippen molar-refractivity contribution < 1.29 is 0 Å². The molecule has 0 aliphatic heterocycles.